The summed E-state index contributed by atoms with van der Waals surface area (Å²) in [5.41, 5.74) is 2.79. The monoisotopic (exact) mass is 306 g/mol. The minimum absolute atomic E-state index is 0.0412. The zero-order valence-corrected chi connectivity index (χ0v) is 12.1. The van der Waals surface area contributed by atoms with Crippen LogP contribution in [0.1, 0.15) is 10.4 Å². The van der Waals surface area contributed by atoms with Crippen LogP contribution in [0.3, 0.4) is 0 Å². The second-order valence-electron chi connectivity index (χ2n) is 4.94. The molecule has 5 nitrogen and oxygen atoms in total. The number of hydrogen-bond acceptors (Lipinski definition) is 4. The van der Waals surface area contributed by atoms with Gasteiger partial charge in [-0.1, -0.05) is 18.2 Å². The van der Waals surface area contributed by atoms with Crippen molar-refractivity contribution in [2.24, 2.45) is 0 Å². The quantitative estimate of drug-likeness (QED) is 0.637. The Morgan fingerprint density at radius 3 is 2.35 bits per heavy atom. The van der Waals surface area contributed by atoms with E-state index in [1.165, 1.54) is 6.07 Å². The highest BCUT2D eigenvalue weighted by Crippen LogP contribution is 2.32. The molecular weight excluding hydrogens is 292 g/mol. The molecule has 0 fully saturated rings. The Morgan fingerprint density at radius 1 is 0.913 bits per heavy atom. The fraction of sp³-hybridized carbons (Fsp3) is 0. The van der Waals surface area contributed by atoms with Gasteiger partial charge < -0.3 is 15.5 Å². The fourth-order valence-electron chi connectivity index (χ4n) is 2.28. The van der Waals surface area contributed by atoms with Gasteiger partial charge in [0.2, 0.25) is 0 Å². The second kappa shape index (κ2) is 6.19. The Kier molecular flexibility index (Phi) is 3.93. The van der Waals surface area contributed by atoms with Crippen LogP contribution in [0.5, 0.6) is 5.75 Å². The number of nitrogens with one attached hydrogen (secondary N) is 1. The Morgan fingerprint density at radius 2 is 1.65 bits per heavy atom. The van der Waals surface area contributed by atoms with Crippen molar-refractivity contribution in [2.75, 3.05) is 5.32 Å². The number of nitrogens with zero attached hydrogens (tertiary/aromatic N) is 1. The summed E-state index contributed by atoms with van der Waals surface area (Å²) in [6.07, 6.45) is 3.36. The highest BCUT2D eigenvalue weighted by molar-refractivity contribution is 5.95. The first-order valence-electron chi connectivity index (χ1n) is 6.98. The normalized spacial score (nSPS) is 10.3. The molecule has 3 rings (SSSR count). The number of benzene rings is 2. The van der Waals surface area contributed by atoms with Gasteiger partial charge in [-0.15, -0.1) is 0 Å². The van der Waals surface area contributed by atoms with E-state index in [0.29, 0.717) is 11.4 Å². The van der Waals surface area contributed by atoms with Gasteiger partial charge in [0.05, 0.1) is 16.9 Å². The molecule has 0 bridgehead atoms. The van der Waals surface area contributed by atoms with E-state index in [-0.39, 0.29) is 11.3 Å². The van der Waals surface area contributed by atoms with Crippen molar-refractivity contribution in [1.82, 2.24) is 4.98 Å². The number of rotatable bonds is 4. The molecule has 0 saturated carbocycles. The van der Waals surface area contributed by atoms with Gasteiger partial charge in [0, 0.05) is 12.4 Å². The van der Waals surface area contributed by atoms with E-state index >= 15 is 0 Å². The number of para-hydroxylation sites is 1. The first kappa shape index (κ1) is 14.6. The molecule has 0 amide bonds. The van der Waals surface area contributed by atoms with Crippen LogP contribution in [0.4, 0.5) is 11.4 Å². The third-order valence-corrected chi connectivity index (χ3v) is 3.44. The third kappa shape index (κ3) is 3.13. The molecular formula is C18H14N2O3. The van der Waals surface area contributed by atoms with Gasteiger partial charge in [-0.3, -0.25) is 4.98 Å². The van der Waals surface area contributed by atoms with Crippen molar-refractivity contribution < 1.29 is 15.0 Å². The molecule has 2 aromatic carbocycles. The van der Waals surface area contributed by atoms with Crippen LogP contribution in [0.2, 0.25) is 0 Å². The summed E-state index contributed by atoms with van der Waals surface area (Å²) in [6, 6.07) is 15.4. The maximum Gasteiger partial charge on any atom is 0.337 e. The fourth-order valence-corrected chi connectivity index (χ4v) is 2.28. The number of anilines is 2. The van der Waals surface area contributed by atoms with Gasteiger partial charge >= 0.3 is 5.97 Å². The number of aromatic hydroxyl groups is 1. The first-order chi connectivity index (χ1) is 11.1. The minimum Gasteiger partial charge on any atom is -0.506 e. The molecule has 0 unspecified atom stereocenters. The van der Waals surface area contributed by atoms with Crippen molar-refractivity contribution in [3.8, 4) is 16.9 Å². The Bertz CT molecular complexity index is 848. The smallest absolute Gasteiger partial charge is 0.337 e. The number of phenols is 1. The van der Waals surface area contributed by atoms with Gasteiger partial charge in [0.1, 0.15) is 5.75 Å². The van der Waals surface area contributed by atoms with Crippen LogP contribution >= 0.6 is 0 Å². The van der Waals surface area contributed by atoms with E-state index in [2.05, 4.69) is 10.3 Å². The second-order valence-corrected chi connectivity index (χ2v) is 4.94. The van der Waals surface area contributed by atoms with Crippen molar-refractivity contribution in [1.29, 1.82) is 0 Å². The van der Waals surface area contributed by atoms with E-state index in [1.807, 2.05) is 18.2 Å². The summed E-state index contributed by atoms with van der Waals surface area (Å²) in [7, 11) is 0. The molecule has 0 aliphatic heterocycles. The molecule has 5 heteroatoms. The number of aromatic nitrogens is 1. The maximum atomic E-state index is 11.2. The van der Waals surface area contributed by atoms with Gasteiger partial charge in [-0.05, 0) is 47.5 Å². The Labute approximate surface area is 132 Å². The molecule has 3 N–H and O–H groups in total. The van der Waals surface area contributed by atoms with Crippen LogP contribution in [-0.2, 0) is 0 Å². The summed E-state index contributed by atoms with van der Waals surface area (Å²) in [6.45, 7) is 0. The lowest BCUT2D eigenvalue weighted by atomic mass is 10.1. The summed E-state index contributed by atoms with van der Waals surface area (Å²) in [5.74, 6) is -0.986. The van der Waals surface area contributed by atoms with E-state index in [0.717, 1.165) is 11.1 Å². The first-order valence-corrected chi connectivity index (χ1v) is 6.98. The highest BCUT2D eigenvalue weighted by atomic mass is 16.4. The molecule has 1 heterocycles. The Hall–Kier alpha value is -3.34. The third-order valence-electron chi connectivity index (χ3n) is 3.44. The molecule has 23 heavy (non-hydrogen) atoms. The van der Waals surface area contributed by atoms with Crippen LogP contribution in [-0.4, -0.2) is 21.2 Å². The number of pyridine rings is 1. The minimum atomic E-state index is -1.03. The largest absolute Gasteiger partial charge is 0.506 e. The predicted molar refractivity (Wildman–Crippen MR) is 88.0 cm³/mol. The molecule has 0 saturated heterocycles. The number of carbonyl (C=O) groups is 1. The lowest BCUT2D eigenvalue weighted by Gasteiger charge is -2.12. The lowest BCUT2D eigenvalue weighted by molar-refractivity contribution is 0.0698. The Balaban J connectivity index is 1.92. The molecule has 0 aliphatic rings. The van der Waals surface area contributed by atoms with Crippen LogP contribution in [0, 0.1) is 0 Å². The van der Waals surface area contributed by atoms with E-state index in [4.69, 9.17) is 0 Å². The van der Waals surface area contributed by atoms with Gasteiger partial charge in [0.15, 0.2) is 0 Å². The number of carboxylic acids is 1. The van der Waals surface area contributed by atoms with Gasteiger partial charge in [-0.2, -0.15) is 0 Å². The zero-order chi connectivity index (χ0) is 16.2. The summed E-state index contributed by atoms with van der Waals surface area (Å²) in [4.78, 5) is 15.2. The average Bonchev–Trinajstić information content (AvgIpc) is 2.58. The predicted octanol–water partition coefficient (Wildman–Crippen LogP) is 3.90. The number of aromatic carboxylic acids is 1. The summed E-state index contributed by atoms with van der Waals surface area (Å²) < 4.78 is 0. The van der Waals surface area contributed by atoms with Crippen LogP contribution < -0.4 is 5.32 Å². The van der Waals surface area contributed by atoms with Crippen LogP contribution in [0.15, 0.2) is 67.0 Å². The zero-order valence-electron chi connectivity index (χ0n) is 12.1. The molecule has 0 spiro atoms. The van der Waals surface area contributed by atoms with Gasteiger partial charge in [-0.25, -0.2) is 4.79 Å². The van der Waals surface area contributed by atoms with E-state index in [9.17, 15) is 15.0 Å². The molecule has 114 valence electrons. The lowest BCUT2D eigenvalue weighted by Crippen LogP contribution is -2.02. The standard InChI is InChI=1S/C18H14N2O3/c21-17-11-13(12-7-9-19-10-8-12)5-6-16(17)20-15-4-2-1-3-14(15)18(22)23/h1-11,20-21H,(H,22,23). The molecule has 0 aliphatic carbocycles. The van der Waals surface area contributed by atoms with Gasteiger partial charge in [0.25, 0.3) is 0 Å². The van der Waals surface area contributed by atoms with E-state index in [1.54, 1.807) is 42.7 Å². The average molecular weight is 306 g/mol. The van der Waals surface area contributed by atoms with E-state index < -0.39 is 5.97 Å². The highest BCUT2D eigenvalue weighted by Gasteiger charge is 2.11. The van der Waals surface area contributed by atoms with Crippen molar-refractivity contribution in [2.45, 2.75) is 0 Å². The summed E-state index contributed by atoms with van der Waals surface area (Å²) in [5, 5.41) is 22.4. The molecule has 1 aromatic heterocycles. The van der Waals surface area contributed by atoms with Crippen molar-refractivity contribution >= 4 is 17.3 Å². The number of hydrogen-bond donors (Lipinski definition) is 3. The SMILES string of the molecule is O=C(O)c1ccccc1Nc1ccc(-c2ccncc2)cc1O. The molecule has 0 atom stereocenters. The van der Waals surface area contributed by atoms with Crippen LogP contribution in [0.25, 0.3) is 11.1 Å². The summed E-state index contributed by atoms with van der Waals surface area (Å²) >= 11 is 0. The number of phenolic OH excluding ortho intramolecular Hbond substituents is 1. The topological polar surface area (TPSA) is 82.5 Å². The number of carboxylic acid groups (broad SMARTS) is 1. The van der Waals surface area contributed by atoms with Crippen molar-refractivity contribution in [3.63, 3.8) is 0 Å². The molecule has 0 radical (unpaired) electrons. The molecule has 3 aromatic rings. The maximum absolute atomic E-state index is 11.2. The van der Waals surface area contributed by atoms with Crippen molar-refractivity contribution in [3.05, 3.63) is 72.6 Å².